The van der Waals surface area contributed by atoms with E-state index < -0.39 is 0 Å². The van der Waals surface area contributed by atoms with E-state index in [-0.39, 0.29) is 16.2 Å². The SMILES string of the molecule is Bc1c(O)c(-c2ccc(Br)cn2)c(B)c2c1C(C)(C)C(C)(C)C2(C)C. The van der Waals surface area contributed by atoms with Gasteiger partial charge in [0.2, 0.25) is 0 Å². The summed E-state index contributed by atoms with van der Waals surface area (Å²) in [6, 6.07) is 3.94. The predicted octanol–water partition coefficient (Wildman–Crippen LogP) is 2.33. The number of phenolic OH excluding ortho intramolecular Hbond substituents is 1. The topological polar surface area (TPSA) is 33.1 Å². The Bertz CT molecular complexity index is 871. The van der Waals surface area contributed by atoms with Crippen LogP contribution in [-0.2, 0) is 10.8 Å². The molecule has 2 nitrogen and oxygen atoms in total. The second kappa shape index (κ2) is 5.39. The summed E-state index contributed by atoms with van der Waals surface area (Å²) in [4.78, 5) is 4.55. The number of benzene rings is 1. The van der Waals surface area contributed by atoms with E-state index in [9.17, 15) is 5.11 Å². The number of nitrogens with zero attached hydrogens (tertiary/aromatic N) is 1. The van der Waals surface area contributed by atoms with Gasteiger partial charge in [0.1, 0.15) is 21.4 Å². The molecule has 0 fully saturated rings. The van der Waals surface area contributed by atoms with Crippen LogP contribution in [0.4, 0.5) is 0 Å². The Morgan fingerprint density at radius 1 is 0.920 bits per heavy atom. The number of halogens is 1. The minimum Gasteiger partial charge on any atom is -0.508 e. The van der Waals surface area contributed by atoms with Crippen molar-refractivity contribution in [3.05, 3.63) is 33.9 Å². The summed E-state index contributed by atoms with van der Waals surface area (Å²) < 4.78 is 0.939. The first-order chi connectivity index (χ1) is 11.4. The standard InChI is InChI=1S/C20H26B2BrNO/c1-18(2)13-14(19(3,4)20(18,5)6)16(22)17(25)12(15(13)21)11-8-7-10(23)9-24-11/h7-9,25H,21-22H2,1-6H3. The van der Waals surface area contributed by atoms with Crippen LogP contribution >= 0.6 is 15.9 Å². The fourth-order valence-electron chi connectivity index (χ4n) is 4.79. The van der Waals surface area contributed by atoms with Gasteiger partial charge in [-0.2, -0.15) is 0 Å². The van der Waals surface area contributed by atoms with Gasteiger partial charge in [0.15, 0.2) is 0 Å². The lowest BCUT2D eigenvalue weighted by Gasteiger charge is -2.45. The molecule has 3 rings (SSSR count). The summed E-state index contributed by atoms with van der Waals surface area (Å²) in [5.74, 6) is 0.368. The molecule has 0 unspecified atom stereocenters. The molecule has 2 aromatic rings. The average Bonchev–Trinajstić information content (AvgIpc) is 2.62. The van der Waals surface area contributed by atoms with Crippen molar-refractivity contribution in [1.29, 1.82) is 0 Å². The molecule has 1 aliphatic rings. The molecule has 130 valence electrons. The number of rotatable bonds is 1. The number of fused-ring (bicyclic) bond motifs is 1. The van der Waals surface area contributed by atoms with Crippen LogP contribution in [0, 0.1) is 5.41 Å². The number of phenols is 1. The number of aromatic hydroxyl groups is 1. The van der Waals surface area contributed by atoms with Gasteiger partial charge in [-0.15, -0.1) is 0 Å². The first kappa shape index (κ1) is 18.6. The zero-order chi connectivity index (χ0) is 18.9. The lowest BCUT2D eigenvalue weighted by atomic mass is 9.58. The van der Waals surface area contributed by atoms with E-state index >= 15 is 0 Å². The number of pyridine rings is 1. The second-order valence-electron chi connectivity index (χ2n) is 8.96. The van der Waals surface area contributed by atoms with Gasteiger partial charge in [0.05, 0.1) is 5.69 Å². The largest absolute Gasteiger partial charge is 0.508 e. The summed E-state index contributed by atoms with van der Waals surface area (Å²) in [7, 11) is 4.19. The van der Waals surface area contributed by atoms with Crippen molar-refractivity contribution in [2.75, 3.05) is 0 Å². The fraction of sp³-hybridized carbons (Fsp3) is 0.450. The highest BCUT2D eigenvalue weighted by atomic mass is 79.9. The third-order valence-corrected chi connectivity index (χ3v) is 7.79. The normalized spacial score (nSPS) is 19.6. The summed E-state index contributed by atoms with van der Waals surface area (Å²) in [6.45, 7) is 14.0. The van der Waals surface area contributed by atoms with Gasteiger partial charge >= 0.3 is 0 Å². The van der Waals surface area contributed by atoms with Crippen molar-refractivity contribution in [2.24, 2.45) is 5.41 Å². The van der Waals surface area contributed by atoms with E-state index in [1.54, 1.807) is 6.20 Å². The quantitative estimate of drug-likeness (QED) is 0.749. The van der Waals surface area contributed by atoms with Gasteiger partial charge in [-0.25, -0.2) is 0 Å². The molecule has 25 heavy (non-hydrogen) atoms. The van der Waals surface area contributed by atoms with Gasteiger partial charge in [-0.3, -0.25) is 4.98 Å². The molecule has 0 aliphatic heterocycles. The monoisotopic (exact) mass is 397 g/mol. The van der Waals surface area contributed by atoms with Crippen molar-refractivity contribution >= 4 is 42.5 Å². The molecule has 1 heterocycles. The minimum absolute atomic E-state index is 0.00150. The molecule has 0 bridgehead atoms. The summed E-state index contributed by atoms with van der Waals surface area (Å²) in [5.41, 5.74) is 6.54. The predicted molar refractivity (Wildman–Crippen MR) is 115 cm³/mol. The van der Waals surface area contributed by atoms with Crippen LogP contribution in [0.3, 0.4) is 0 Å². The van der Waals surface area contributed by atoms with Crippen molar-refractivity contribution in [1.82, 2.24) is 4.98 Å². The number of aromatic nitrogens is 1. The Hall–Kier alpha value is -1.22. The van der Waals surface area contributed by atoms with E-state index in [1.165, 1.54) is 11.1 Å². The molecule has 1 aromatic heterocycles. The van der Waals surface area contributed by atoms with Crippen LogP contribution in [-0.4, -0.2) is 25.8 Å². The highest BCUT2D eigenvalue weighted by Gasteiger charge is 2.58. The van der Waals surface area contributed by atoms with E-state index in [0.29, 0.717) is 5.75 Å². The maximum atomic E-state index is 11.1. The van der Waals surface area contributed by atoms with Gasteiger partial charge < -0.3 is 5.11 Å². The van der Waals surface area contributed by atoms with Crippen molar-refractivity contribution in [2.45, 2.75) is 52.4 Å². The average molecular weight is 398 g/mol. The Labute approximate surface area is 161 Å². The first-order valence-electron chi connectivity index (χ1n) is 8.84. The minimum atomic E-state index is -0.0240. The Morgan fingerprint density at radius 3 is 1.92 bits per heavy atom. The van der Waals surface area contributed by atoms with Gasteiger partial charge in [-0.1, -0.05) is 47.0 Å². The summed E-state index contributed by atoms with van der Waals surface area (Å²) in [6.07, 6.45) is 1.79. The molecule has 5 heteroatoms. The third-order valence-electron chi connectivity index (χ3n) is 7.33. The molecular weight excluding hydrogens is 372 g/mol. The summed E-state index contributed by atoms with van der Waals surface area (Å²) >= 11 is 3.44. The highest BCUT2D eigenvalue weighted by Crippen LogP contribution is 2.61. The number of hydrogen-bond donors (Lipinski definition) is 1. The van der Waals surface area contributed by atoms with E-state index in [2.05, 4.69) is 78.1 Å². The van der Waals surface area contributed by atoms with Crippen LogP contribution in [0.2, 0.25) is 0 Å². The summed E-state index contributed by atoms with van der Waals surface area (Å²) in [5, 5.41) is 11.1. The lowest BCUT2D eigenvalue weighted by Crippen LogP contribution is -2.43. The first-order valence-corrected chi connectivity index (χ1v) is 9.64. The van der Waals surface area contributed by atoms with Crippen LogP contribution in [0.1, 0.15) is 52.7 Å². The molecule has 0 saturated carbocycles. The lowest BCUT2D eigenvalue weighted by molar-refractivity contribution is 0.125. The van der Waals surface area contributed by atoms with Crippen LogP contribution < -0.4 is 10.9 Å². The Balaban J connectivity index is 2.44. The zero-order valence-electron chi connectivity index (χ0n) is 16.5. The van der Waals surface area contributed by atoms with E-state index in [1.807, 2.05) is 12.1 Å². The molecule has 0 atom stereocenters. The smallest absolute Gasteiger partial charge is 0.144 e. The molecule has 0 radical (unpaired) electrons. The van der Waals surface area contributed by atoms with Crippen LogP contribution in [0.25, 0.3) is 11.3 Å². The number of hydrogen-bond acceptors (Lipinski definition) is 2. The second-order valence-corrected chi connectivity index (χ2v) is 9.88. The highest BCUT2D eigenvalue weighted by molar-refractivity contribution is 9.10. The molecule has 0 saturated heterocycles. The van der Waals surface area contributed by atoms with Gasteiger partial charge in [-0.05, 0) is 60.9 Å². The third kappa shape index (κ3) is 2.21. The Morgan fingerprint density at radius 2 is 1.44 bits per heavy atom. The maximum absolute atomic E-state index is 11.1. The van der Waals surface area contributed by atoms with Crippen molar-refractivity contribution in [3.63, 3.8) is 0 Å². The maximum Gasteiger partial charge on any atom is 0.144 e. The molecule has 1 N–H and O–H groups in total. The zero-order valence-corrected chi connectivity index (χ0v) is 18.1. The van der Waals surface area contributed by atoms with Crippen molar-refractivity contribution < 1.29 is 5.11 Å². The van der Waals surface area contributed by atoms with Crippen LogP contribution in [0.5, 0.6) is 5.75 Å². The van der Waals surface area contributed by atoms with Crippen molar-refractivity contribution in [3.8, 4) is 17.0 Å². The fourth-order valence-corrected chi connectivity index (χ4v) is 5.02. The molecule has 1 aromatic carbocycles. The molecular formula is C20H26B2BrNO. The van der Waals surface area contributed by atoms with Gasteiger partial charge in [0, 0.05) is 16.2 Å². The molecule has 1 aliphatic carbocycles. The Kier molecular flexibility index (Phi) is 4.00. The molecule has 0 spiro atoms. The van der Waals surface area contributed by atoms with Crippen LogP contribution in [0.15, 0.2) is 22.8 Å². The molecule has 0 amide bonds. The van der Waals surface area contributed by atoms with Gasteiger partial charge in [0.25, 0.3) is 0 Å². The van der Waals surface area contributed by atoms with E-state index in [0.717, 1.165) is 26.7 Å². The van der Waals surface area contributed by atoms with E-state index in [4.69, 9.17) is 0 Å².